The number of methoxy groups -OCH3 is 3. The summed E-state index contributed by atoms with van der Waals surface area (Å²) in [4.78, 5) is 0. The van der Waals surface area contributed by atoms with E-state index in [-0.39, 0.29) is 6.04 Å². The number of nitrogens with one attached hydrogen (secondary N) is 1. The normalized spacial score (nSPS) is 13.3. The SMILES string of the molecule is CC[C@H](CN[C@@H](COC)c1ccccc1)c1ccc(OC)c(OC)c1. The summed E-state index contributed by atoms with van der Waals surface area (Å²) in [5.74, 6) is 1.92. The predicted molar refractivity (Wildman–Crippen MR) is 102 cm³/mol. The number of rotatable bonds is 10. The minimum Gasteiger partial charge on any atom is -0.493 e. The highest BCUT2D eigenvalue weighted by Gasteiger charge is 2.16. The Morgan fingerprint density at radius 3 is 2.20 bits per heavy atom. The molecular weight excluding hydrogens is 314 g/mol. The van der Waals surface area contributed by atoms with E-state index >= 15 is 0 Å². The van der Waals surface area contributed by atoms with E-state index in [0.717, 1.165) is 24.5 Å². The summed E-state index contributed by atoms with van der Waals surface area (Å²) in [6.45, 7) is 3.72. The second-order valence-electron chi connectivity index (χ2n) is 6.05. The Morgan fingerprint density at radius 2 is 1.60 bits per heavy atom. The van der Waals surface area contributed by atoms with Crippen molar-refractivity contribution in [3.8, 4) is 11.5 Å². The fourth-order valence-electron chi connectivity index (χ4n) is 3.01. The van der Waals surface area contributed by atoms with Gasteiger partial charge in [-0.15, -0.1) is 0 Å². The van der Waals surface area contributed by atoms with E-state index in [9.17, 15) is 0 Å². The quantitative estimate of drug-likeness (QED) is 0.703. The third-order valence-electron chi connectivity index (χ3n) is 4.52. The van der Waals surface area contributed by atoms with Crippen LogP contribution in [0.5, 0.6) is 11.5 Å². The molecule has 0 aliphatic heterocycles. The molecule has 0 aromatic heterocycles. The highest BCUT2D eigenvalue weighted by molar-refractivity contribution is 5.44. The van der Waals surface area contributed by atoms with Crippen LogP contribution < -0.4 is 14.8 Å². The van der Waals surface area contributed by atoms with Crippen molar-refractivity contribution in [2.45, 2.75) is 25.3 Å². The van der Waals surface area contributed by atoms with Crippen molar-refractivity contribution in [3.05, 3.63) is 59.7 Å². The average molecular weight is 343 g/mol. The fraction of sp³-hybridized carbons (Fsp3) is 0.429. The summed E-state index contributed by atoms with van der Waals surface area (Å²) in [6.07, 6.45) is 1.04. The minimum absolute atomic E-state index is 0.181. The highest BCUT2D eigenvalue weighted by Crippen LogP contribution is 2.31. The van der Waals surface area contributed by atoms with Gasteiger partial charge in [-0.2, -0.15) is 0 Å². The van der Waals surface area contributed by atoms with Gasteiger partial charge in [0.2, 0.25) is 0 Å². The first-order valence-electron chi connectivity index (χ1n) is 8.72. The predicted octanol–water partition coefficient (Wildman–Crippen LogP) is 4.17. The number of ether oxygens (including phenoxy) is 3. The largest absolute Gasteiger partial charge is 0.493 e. The van der Waals surface area contributed by atoms with Gasteiger partial charge < -0.3 is 19.5 Å². The van der Waals surface area contributed by atoms with Crippen LogP contribution in [0.1, 0.15) is 36.4 Å². The third-order valence-corrected chi connectivity index (χ3v) is 4.52. The van der Waals surface area contributed by atoms with Crippen molar-refractivity contribution in [1.82, 2.24) is 5.32 Å². The Hall–Kier alpha value is -2.04. The first-order valence-corrected chi connectivity index (χ1v) is 8.72. The zero-order valence-electron chi connectivity index (χ0n) is 15.6. The Labute approximate surface area is 151 Å². The van der Waals surface area contributed by atoms with Crippen molar-refractivity contribution < 1.29 is 14.2 Å². The smallest absolute Gasteiger partial charge is 0.160 e. The molecule has 0 bridgehead atoms. The van der Waals surface area contributed by atoms with Crippen LogP contribution >= 0.6 is 0 Å². The fourth-order valence-corrected chi connectivity index (χ4v) is 3.01. The van der Waals surface area contributed by atoms with E-state index in [1.54, 1.807) is 21.3 Å². The number of benzene rings is 2. The van der Waals surface area contributed by atoms with Crippen LogP contribution in [0.2, 0.25) is 0 Å². The molecule has 2 aromatic carbocycles. The molecule has 0 aliphatic rings. The molecule has 0 fully saturated rings. The summed E-state index contributed by atoms with van der Waals surface area (Å²) in [7, 11) is 5.07. The summed E-state index contributed by atoms with van der Waals surface area (Å²) in [5, 5.41) is 3.66. The van der Waals surface area contributed by atoms with E-state index in [1.807, 2.05) is 12.1 Å². The molecule has 2 aromatic rings. The van der Waals surface area contributed by atoms with Gasteiger partial charge in [0.05, 0.1) is 26.9 Å². The van der Waals surface area contributed by atoms with Gasteiger partial charge in [-0.05, 0) is 35.6 Å². The Balaban J connectivity index is 2.10. The summed E-state index contributed by atoms with van der Waals surface area (Å²) in [5.41, 5.74) is 2.49. The molecule has 0 radical (unpaired) electrons. The number of hydrogen-bond acceptors (Lipinski definition) is 4. The van der Waals surface area contributed by atoms with E-state index in [2.05, 4.69) is 48.6 Å². The minimum atomic E-state index is 0.181. The van der Waals surface area contributed by atoms with Gasteiger partial charge in [0.25, 0.3) is 0 Å². The van der Waals surface area contributed by atoms with Crippen molar-refractivity contribution >= 4 is 0 Å². The van der Waals surface area contributed by atoms with E-state index in [1.165, 1.54) is 11.1 Å². The molecule has 25 heavy (non-hydrogen) atoms. The molecule has 0 amide bonds. The molecule has 0 saturated heterocycles. The monoisotopic (exact) mass is 343 g/mol. The molecule has 0 unspecified atom stereocenters. The lowest BCUT2D eigenvalue weighted by Gasteiger charge is -2.23. The molecule has 4 nitrogen and oxygen atoms in total. The maximum absolute atomic E-state index is 5.44. The molecule has 0 saturated carbocycles. The second kappa shape index (κ2) is 10.1. The molecule has 2 atom stereocenters. The van der Waals surface area contributed by atoms with Gasteiger partial charge in [0, 0.05) is 13.7 Å². The van der Waals surface area contributed by atoms with E-state index < -0.39 is 0 Å². The second-order valence-corrected chi connectivity index (χ2v) is 6.05. The lowest BCUT2D eigenvalue weighted by molar-refractivity contribution is 0.166. The van der Waals surface area contributed by atoms with Crippen LogP contribution in [0.4, 0.5) is 0 Å². The molecular formula is C21H29NO3. The standard InChI is InChI=1S/C21H29NO3/c1-5-16(18-11-12-20(24-3)21(13-18)25-4)14-22-19(15-23-2)17-9-7-6-8-10-17/h6-13,16,19,22H,5,14-15H2,1-4H3/t16-,19+/m1/s1. The van der Waals surface area contributed by atoms with Gasteiger partial charge in [0.15, 0.2) is 11.5 Å². The van der Waals surface area contributed by atoms with Crippen LogP contribution in [0.3, 0.4) is 0 Å². The van der Waals surface area contributed by atoms with E-state index in [0.29, 0.717) is 12.5 Å². The van der Waals surface area contributed by atoms with Crippen molar-refractivity contribution in [3.63, 3.8) is 0 Å². The Kier molecular flexibility index (Phi) is 7.76. The maximum atomic E-state index is 5.44. The van der Waals surface area contributed by atoms with Crippen LogP contribution in [-0.2, 0) is 4.74 Å². The Morgan fingerprint density at radius 1 is 0.880 bits per heavy atom. The zero-order valence-corrected chi connectivity index (χ0v) is 15.6. The van der Waals surface area contributed by atoms with E-state index in [4.69, 9.17) is 14.2 Å². The topological polar surface area (TPSA) is 39.7 Å². The summed E-state index contributed by atoms with van der Waals surface area (Å²) < 4.78 is 16.2. The van der Waals surface area contributed by atoms with Crippen molar-refractivity contribution in [1.29, 1.82) is 0 Å². The lowest BCUT2D eigenvalue weighted by Crippen LogP contribution is -2.29. The van der Waals surface area contributed by atoms with Gasteiger partial charge in [-0.3, -0.25) is 0 Å². The molecule has 136 valence electrons. The zero-order chi connectivity index (χ0) is 18.1. The molecule has 2 rings (SSSR count). The first kappa shape index (κ1) is 19.3. The summed E-state index contributed by atoms with van der Waals surface area (Å²) >= 11 is 0. The van der Waals surface area contributed by atoms with Gasteiger partial charge in [-0.1, -0.05) is 43.3 Å². The molecule has 1 N–H and O–H groups in total. The third kappa shape index (κ3) is 5.21. The molecule has 0 spiro atoms. The summed E-state index contributed by atoms with van der Waals surface area (Å²) in [6, 6.07) is 16.8. The van der Waals surface area contributed by atoms with Crippen molar-refractivity contribution in [2.24, 2.45) is 0 Å². The van der Waals surface area contributed by atoms with Gasteiger partial charge in [-0.25, -0.2) is 0 Å². The highest BCUT2D eigenvalue weighted by atomic mass is 16.5. The molecule has 0 heterocycles. The van der Waals surface area contributed by atoms with Crippen molar-refractivity contribution in [2.75, 3.05) is 34.5 Å². The first-order chi connectivity index (χ1) is 12.2. The Bertz CT molecular complexity index is 630. The van der Waals surface area contributed by atoms with Crippen LogP contribution in [-0.4, -0.2) is 34.5 Å². The van der Waals surface area contributed by atoms with Gasteiger partial charge in [0.1, 0.15) is 0 Å². The van der Waals surface area contributed by atoms with Crippen LogP contribution in [0.25, 0.3) is 0 Å². The maximum Gasteiger partial charge on any atom is 0.160 e. The van der Waals surface area contributed by atoms with Gasteiger partial charge >= 0.3 is 0 Å². The van der Waals surface area contributed by atoms with Crippen LogP contribution in [0.15, 0.2) is 48.5 Å². The molecule has 0 aliphatic carbocycles. The molecule has 4 heteroatoms. The lowest BCUT2D eigenvalue weighted by atomic mass is 9.95. The van der Waals surface area contributed by atoms with Crippen LogP contribution in [0, 0.1) is 0 Å². The number of hydrogen-bond donors (Lipinski definition) is 1. The average Bonchev–Trinajstić information content (AvgIpc) is 2.68.